The summed E-state index contributed by atoms with van der Waals surface area (Å²) in [6.45, 7) is 2.73. The van der Waals surface area contributed by atoms with Crippen LogP contribution in [-0.2, 0) is 14.4 Å². The maximum absolute atomic E-state index is 14.2. The fourth-order valence-corrected chi connectivity index (χ4v) is 5.24. The van der Waals surface area contributed by atoms with Crippen molar-refractivity contribution >= 4 is 29.5 Å². The summed E-state index contributed by atoms with van der Waals surface area (Å²) in [6, 6.07) is 0. The van der Waals surface area contributed by atoms with Crippen LogP contribution in [-0.4, -0.2) is 71.2 Å². The van der Waals surface area contributed by atoms with E-state index < -0.39 is 88.2 Å². The van der Waals surface area contributed by atoms with Crippen molar-refractivity contribution in [3.05, 3.63) is 34.4 Å². The minimum atomic E-state index is -2.25. The summed E-state index contributed by atoms with van der Waals surface area (Å²) >= 11 is 0. The molecular formula is C23H26F4N4O6. The lowest BCUT2D eigenvalue weighted by Gasteiger charge is -2.36. The number of amides is 5. The van der Waals surface area contributed by atoms with Crippen molar-refractivity contribution in [1.29, 1.82) is 0 Å². The molecule has 3 N–H and O–H groups in total. The molecule has 2 unspecified atom stereocenters. The Morgan fingerprint density at radius 1 is 1.00 bits per heavy atom. The van der Waals surface area contributed by atoms with E-state index in [4.69, 9.17) is 0 Å². The fraction of sp³-hybridized carbons (Fsp3) is 0.522. The molecule has 0 aliphatic carbocycles. The van der Waals surface area contributed by atoms with E-state index >= 15 is 0 Å². The number of likely N-dealkylation sites (N-methyl/N-ethyl adjacent to an activating group) is 1. The molecule has 0 radical (unpaired) electrons. The molecule has 5 amide bonds. The molecule has 0 bridgehead atoms. The predicted molar refractivity (Wildman–Crippen MR) is 117 cm³/mol. The number of nitrogens with one attached hydrogen (secondary N) is 2. The Morgan fingerprint density at radius 2 is 1.54 bits per heavy atom. The highest BCUT2D eigenvalue weighted by Crippen LogP contribution is 2.46. The van der Waals surface area contributed by atoms with Gasteiger partial charge < -0.3 is 10.2 Å². The number of rotatable bonds is 9. The van der Waals surface area contributed by atoms with Gasteiger partial charge in [-0.1, -0.05) is 13.8 Å². The van der Waals surface area contributed by atoms with E-state index in [1.165, 1.54) is 17.4 Å². The number of imide groups is 1. The number of hydrogen-bond acceptors (Lipinski definition) is 6. The van der Waals surface area contributed by atoms with E-state index in [0.29, 0.717) is 4.90 Å². The highest BCUT2D eigenvalue weighted by Gasteiger charge is 2.55. The van der Waals surface area contributed by atoms with E-state index in [1.54, 1.807) is 13.8 Å². The highest BCUT2D eigenvalue weighted by molar-refractivity contribution is 6.21. The second kappa shape index (κ2) is 10.4. The van der Waals surface area contributed by atoms with Crippen LogP contribution in [0.25, 0.3) is 0 Å². The number of hydrogen-bond donors (Lipinski definition) is 3. The summed E-state index contributed by atoms with van der Waals surface area (Å²) in [6.07, 6.45) is -0.199. The Kier molecular flexibility index (Phi) is 7.91. The first-order chi connectivity index (χ1) is 17.3. The summed E-state index contributed by atoms with van der Waals surface area (Å²) in [5.74, 6) is -14.9. The first-order valence-electron chi connectivity index (χ1n) is 11.5. The third-order valence-corrected chi connectivity index (χ3v) is 6.85. The van der Waals surface area contributed by atoms with Crippen LogP contribution in [0.5, 0.6) is 0 Å². The second-order valence-electron chi connectivity index (χ2n) is 9.49. The number of benzene rings is 1. The molecule has 10 nitrogen and oxygen atoms in total. The molecule has 0 aromatic heterocycles. The van der Waals surface area contributed by atoms with Gasteiger partial charge in [0.2, 0.25) is 17.7 Å². The largest absolute Gasteiger partial charge is 0.358 e. The minimum Gasteiger partial charge on any atom is -0.358 e. The standard InChI is InChI=1S/C23H26F4N4O6/c1-10(2)8-23(5-7-30(22(23)36)9-12(32)28-3)11(19(33)29-37)4-6-31-20(34)13-14(21(31)35)16(25)18(27)17(26)15(13)24/h10-11,37H,4-9H2,1-3H3,(H,28,32)(H,29,33). The molecule has 2 aliphatic heterocycles. The third kappa shape index (κ3) is 4.65. The van der Waals surface area contributed by atoms with Crippen molar-refractivity contribution in [2.24, 2.45) is 17.3 Å². The van der Waals surface area contributed by atoms with Crippen LogP contribution in [0.3, 0.4) is 0 Å². The average molecular weight is 530 g/mol. The van der Waals surface area contributed by atoms with Gasteiger partial charge in [-0.05, 0) is 25.2 Å². The Hall–Kier alpha value is -3.55. The van der Waals surface area contributed by atoms with Crippen molar-refractivity contribution in [1.82, 2.24) is 20.6 Å². The Balaban J connectivity index is 1.95. The number of carbonyl (C=O) groups excluding carboxylic acids is 5. The average Bonchev–Trinajstić information content (AvgIpc) is 3.29. The number of nitrogens with zero attached hydrogens (tertiary/aromatic N) is 2. The van der Waals surface area contributed by atoms with E-state index in [1.807, 2.05) is 0 Å². The molecule has 1 fully saturated rings. The molecule has 1 aromatic rings. The molecule has 1 saturated heterocycles. The van der Waals surface area contributed by atoms with Gasteiger partial charge in [-0.15, -0.1) is 0 Å². The summed E-state index contributed by atoms with van der Waals surface area (Å²) in [5.41, 5.74) is -2.50. The van der Waals surface area contributed by atoms with E-state index in [0.717, 1.165) is 0 Å². The monoisotopic (exact) mass is 530 g/mol. The van der Waals surface area contributed by atoms with Crippen LogP contribution < -0.4 is 10.8 Å². The zero-order valence-electron chi connectivity index (χ0n) is 20.3. The number of hydroxylamine groups is 1. The normalized spacial score (nSPS) is 20.1. The molecule has 2 atom stereocenters. The summed E-state index contributed by atoms with van der Waals surface area (Å²) in [4.78, 5) is 65.1. The van der Waals surface area contributed by atoms with Gasteiger partial charge in [0.25, 0.3) is 11.8 Å². The minimum absolute atomic E-state index is 0.0981. The van der Waals surface area contributed by atoms with Gasteiger partial charge in [0.05, 0.1) is 29.0 Å². The van der Waals surface area contributed by atoms with E-state index in [2.05, 4.69) is 5.32 Å². The van der Waals surface area contributed by atoms with Crippen LogP contribution in [0.4, 0.5) is 17.6 Å². The molecule has 0 saturated carbocycles. The lowest BCUT2D eigenvalue weighted by Crippen LogP contribution is -2.49. The van der Waals surface area contributed by atoms with Crippen LogP contribution in [0, 0.1) is 40.5 Å². The van der Waals surface area contributed by atoms with Gasteiger partial charge in [-0.3, -0.25) is 34.1 Å². The van der Waals surface area contributed by atoms with Crippen LogP contribution in [0.15, 0.2) is 0 Å². The Bertz CT molecular complexity index is 1130. The quantitative estimate of drug-likeness (QED) is 0.110. The van der Waals surface area contributed by atoms with E-state index in [-0.39, 0.29) is 31.8 Å². The maximum Gasteiger partial charge on any atom is 0.264 e. The Labute approximate surface area is 208 Å². The van der Waals surface area contributed by atoms with Crippen molar-refractivity contribution in [3.8, 4) is 0 Å². The number of likely N-dealkylation sites (tertiary alicyclic amines) is 1. The molecule has 14 heteroatoms. The van der Waals surface area contributed by atoms with Crippen LogP contribution in [0.1, 0.15) is 53.8 Å². The molecule has 0 spiro atoms. The van der Waals surface area contributed by atoms with Crippen LogP contribution >= 0.6 is 0 Å². The van der Waals surface area contributed by atoms with Crippen molar-refractivity contribution in [3.63, 3.8) is 0 Å². The van der Waals surface area contributed by atoms with Gasteiger partial charge in [-0.2, -0.15) is 0 Å². The molecular weight excluding hydrogens is 504 g/mol. The molecule has 2 heterocycles. The second-order valence-corrected chi connectivity index (χ2v) is 9.49. The highest BCUT2D eigenvalue weighted by atomic mass is 19.2. The zero-order chi connectivity index (χ0) is 27.8. The van der Waals surface area contributed by atoms with Crippen LogP contribution in [0.2, 0.25) is 0 Å². The smallest absolute Gasteiger partial charge is 0.264 e. The first kappa shape index (κ1) is 28.0. The van der Waals surface area contributed by atoms with Crippen molar-refractivity contribution in [2.45, 2.75) is 33.1 Å². The van der Waals surface area contributed by atoms with E-state index in [9.17, 15) is 46.7 Å². The topological polar surface area (TPSA) is 136 Å². The fourth-order valence-electron chi connectivity index (χ4n) is 5.24. The zero-order valence-corrected chi connectivity index (χ0v) is 20.3. The van der Waals surface area contributed by atoms with Gasteiger partial charge in [0.15, 0.2) is 23.3 Å². The van der Waals surface area contributed by atoms with Gasteiger partial charge in [0.1, 0.15) is 0 Å². The lowest BCUT2D eigenvalue weighted by atomic mass is 9.67. The number of carbonyl (C=O) groups is 5. The number of halogens is 4. The van der Waals surface area contributed by atoms with Gasteiger partial charge in [-0.25, -0.2) is 23.0 Å². The Morgan fingerprint density at radius 3 is 2.00 bits per heavy atom. The molecule has 3 rings (SSSR count). The van der Waals surface area contributed by atoms with Crippen molar-refractivity contribution in [2.75, 3.05) is 26.7 Å². The molecule has 202 valence electrons. The third-order valence-electron chi connectivity index (χ3n) is 6.85. The van der Waals surface area contributed by atoms with Gasteiger partial charge >= 0.3 is 0 Å². The molecule has 1 aromatic carbocycles. The summed E-state index contributed by atoms with van der Waals surface area (Å²) < 4.78 is 55.9. The molecule has 2 aliphatic rings. The molecule has 37 heavy (non-hydrogen) atoms. The predicted octanol–water partition coefficient (Wildman–Crippen LogP) is 1.36. The SMILES string of the molecule is CNC(=O)CN1CCC(CC(C)C)(C(CCN2C(=O)c3c(F)c(F)c(F)c(F)c3C2=O)C(=O)NO)C1=O. The first-order valence-corrected chi connectivity index (χ1v) is 11.5. The van der Waals surface area contributed by atoms with Gasteiger partial charge in [0, 0.05) is 20.1 Å². The summed E-state index contributed by atoms with van der Waals surface area (Å²) in [5, 5.41) is 11.8. The summed E-state index contributed by atoms with van der Waals surface area (Å²) in [7, 11) is 1.39. The number of fused-ring (bicyclic) bond motifs is 1. The van der Waals surface area contributed by atoms with Crippen molar-refractivity contribution < 1.29 is 46.7 Å². The lowest BCUT2D eigenvalue weighted by molar-refractivity contribution is -0.150. The maximum atomic E-state index is 14.2.